The van der Waals surface area contributed by atoms with Crippen LogP contribution in [0.1, 0.15) is 37.6 Å². The van der Waals surface area contributed by atoms with Crippen LogP contribution < -0.4 is 0 Å². The van der Waals surface area contributed by atoms with Crippen molar-refractivity contribution in [3.8, 4) is 11.3 Å². The Morgan fingerprint density at radius 2 is 1.76 bits per heavy atom. The van der Waals surface area contributed by atoms with E-state index in [1.165, 1.54) is 12.1 Å². The second-order valence-electron chi connectivity index (χ2n) is 6.23. The Labute approximate surface area is 144 Å². The molecule has 2 aromatic rings. The van der Waals surface area contributed by atoms with Crippen molar-refractivity contribution < 1.29 is 27.1 Å². The molecule has 1 aromatic carbocycles. The molecule has 25 heavy (non-hydrogen) atoms. The summed E-state index contributed by atoms with van der Waals surface area (Å²) in [5, 5.41) is 0. The molecular formula is C18H20F3NO3. The summed E-state index contributed by atoms with van der Waals surface area (Å²) in [7, 11) is 0. The lowest BCUT2D eigenvalue weighted by Gasteiger charge is -2.21. The van der Waals surface area contributed by atoms with Crippen LogP contribution in [0.25, 0.3) is 11.3 Å². The van der Waals surface area contributed by atoms with Gasteiger partial charge in [-0.05, 0) is 31.9 Å². The van der Waals surface area contributed by atoms with Gasteiger partial charge in [0.15, 0.2) is 17.4 Å². The van der Waals surface area contributed by atoms with Crippen LogP contribution in [0.3, 0.4) is 0 Å². The molecule has 0 spiro atoms. The summed E-state index contributed by atoms with van der Waals surface area (Å²) >= 11 is 0. The molecule has 0 aliphatic carbocycles. The van der Waals surface area contributed by atoms with Crippen LogP contribution in [0.15, 0.2) is 34.9 Å². The minimum absolute atomic E-state index is 0.471. The number of aromatic nitrogens is 1. The Morgan fingerprint density at radius 3 is 2.40 bits per heavy atom. The quantitative estimate of drug-likeness (QED) is 0.696. The molecule has 0 N–H and O–H groups in total. The number of oxazole rings is 1. The second kappa shape index (κ2) is 7.17. The van der Waals surface area contributed by atoms with Crippen LogP contribution in [0.2, 0.25) is 0 Å². The van der Waals surface area contributed by atoms with E-state index in [0.29, 0.717) is 36.8 Å². The van der Waals surface area contributed by atoms with Crippen molar-refractivity contribution in [3.05, 3.63) is 41.9 Å². The average molecular weight is 355 g/mol. The van der Waals surface area contributed by atoms with E-state index in [-0.39, 0.29) is 0 Å². The molecular weight excluding hydrogens is 335 g/mol. The SMILES string of the molecule is CC1(CCCCc2ncc(-c3ccc(C(F)(F)F)cc3)o2)OCCO1. The molecule has 7 heteroatoms. The van der Waals surface area contributed by atoms with Gasteiger partial charge < -0.3 is 13.9 Å². The molecule has 1 fully saturated rings. The third-order valence-corrected chi connectivity index (χ3v) is 4.22. The molecule has 1 saturated heterocycles. The molecule has 0 unspecified atom stereocenters. The first-order valence-electron chi connectivity index (χ1n) is 8.26. The predicted octanol–water partition coefficient (Wildman–Crippen LogP) is 4.84. The number of aryl methyl sites for hydroxylation is 1. The van der Waals surface area contributed by atoms with Crippen LogP contribution in [0.5, 0.6) is 0 Å². The van der Waals surface area contributed by atoms with Gasteiger partial charge in [0.05, 0.1) is 25.0 Å². The highest BCUT2D eigenvalue weighted by Gasteiger charge is 2.30. The van der Waals surface area contributed by atoms with Crippen LogP contribution in [-0.2, 0) is 22.1 Å². The van der Waals surface area contributed by atoms with E-state index >= 15 is 0 Å². The average Bonchev–Trinajstić information content (AvgIpc) is 3.21. The highest BCUT2D eigenvalue weighted by molar-refractivity contribution is 5.56. The largest absolute Gasteiger partial charge is 0.441 e. The summed E-state index contributed by atoms with van der Waals surface area (Å²) in [6.07, 6.45) is 0.455. The lowest BCUT2D eigenvalue weighted by atomic mass is 10.1. The maximum absolute atomic E-state index is 12.6. The standard InChI is InChI=1S/C18H20F3NO3/c1-17(23-10-11-24-17)9-3-2-4-16-22-12-15(25-16)13-5-7-14(8-6-13)18(19,20)21/h5-8,12H,2-4,9-11H2,1H3. The van der Waals surface area contributed by atoms with Crippen LogP contribution >= 0.6 is 0 Å². The summed E-state index contributed by atoms with van der Waals surface area (Å²) in [6.45, 7) is 3.20. The fraction of sp³-hybridized carbons (Fsp3) is 0.500. The smallest absolute Gasteiger partial charge is 0.416 e. The molecule has 0 amide bonds. The number of halogens is 3. The number of rotatable bonds is 6. The van der Waals surface area contributed by atoms with Crippen molar-refractivity contribution >= 4 is 0 Å². The molecule has 1 aliphatic rings. The van der Waals surface area contributed by atoms with Gasteiger partial charge in [-0.2, -0.15) is 13.2 Å². The first kappa shape index (κ1) is 17.9. The number of nitrogens with zero attached hydrogens (tertiary/aromatic N) is 1. The molecule has 0 radical (unpaired) electrons. The molecule has 1 aliphatic heterocycles. The minimum atomic E-state index is -4.34. The first-order chi connectivity index (χ1) is 11.9. The number of hydrogen-bond donors (Lipinski definition) is 0. The normalized spacial score (nSPS) is 17.1. The zero-order valence-corrected chi connectivity index (χ0v) is 13.9. The van der Waals surface area contributed by atoms with Crippen molar-refractivity contribution in [2.75, 3.05) is 13.2 Å². The van der Waals surface area contributed by atoms with Crippen molar-refractivity contribution in [2.24, 2.45) is 0 Å². The summed E-state index contributed by atoms with van der Waals surface area (Å²) in [6, 6.07) is 4.87. The van der Waals surface area contributed by atoms with Gasteiger partial charge in [0.25, 0.3) is 0 Å². The molecule has 0 saturated carbocycles. The lowest BCUT2D eigenvalue weighted by Crippen LogP contribution is -2.25. The zero-order valence-electron chi connectivity index (χ0n) is 13.9. The van der Waals surface area contributed by atoms with E-state index in [1.807, 2.05) is 6.92 Å². The van der Waals surface area contributed by atoms with Gasteiger partial charge in [0.1, 0.15) is 0 Å². The van der Waals surface area contributed by atoms with Gasteiger partial charge in [0, 0.05) is 18.4 Å². The van der Waals surface area contributed by atoms with E-state index in [1.54, 1.807) is 6.20 Å². The Hall–Kier alpha value is -1.86. The fourth-order valence-corrected chi connectivity index (χ4v) is 2.81. The molecule has 136 valence electrons. The molecule has 4 nitrogen and oxygen atoms in total. The highest BCUT2D eigenvalue weighted by Crippen LogP contribution is 2.31. The molecule has 0 atom stereocenters. The van der Waals surface area contributed by atoms with Crippen LogP contribution in [0, 0.1) is 0 Å². The van der Waals surface area contributed by atoms with Crippen molar-refractivity contribution in [2.45, 2.75) is 44.6 Å². The molecule has 1 aromatic heterocycles. The summed E-state index contributed by atoms with van der Waals surface area (Å²) in [5.41, 5.74) is -0.104. The number of ether oxygens (including phenoxy) is 2. The van der Waals surface area contributed by atoms with Crippen molar-refractivity contribution in [1.82, 2.24) is 4.98 Å². The van der Waals surface area contributed by atoms with Gasteiger partial charge in [-0.25, -0.2) is 4.98 Å². The number of alkyl halides is 3. The monoisotopic (exact) mass is 355 g/mol. The maximum atomic E-state index is 12.6. The van der Waals surface area contributed by atoms with Gasteiger partial charge >= 0.3 is 6.18 Å². The van der Waals surface area contributed by atoms with Crippen molar-refractivity contribution in [1.29, 1.82) is 0 Å². The van der Waals surface area contributed by atoms with Gasteiger partial charge in [-0.15, -0.1) is 0 Å². The predicted molar refractivity (Wildman–Crippen MR) is 84.8 cm³/mol. The fourth-order valence-electron chi connectivity index (χ4n) is 2.81. The molecule has 0 bridgehead atoms. The number of hydrogen-bond acceptors (Lipinski definition) is 4. The summed E-state index contributed by atoms with van der Waals surface area (Å²) < 4.78 is 54.5. The Balaban J connectivity index is 1.52. The maximum Gasteiger partial charge on any atom is 0.416 e. The molecule has 3 rings (SSSR count). The van der Waals surface area contributed by atoms with E-state index in [2.05, 4.69) is 4.98 Å². The van der Waals surface area contributed by atoms with Crippen LogP contribution in [-0.4, -0.2) is 24.0 Å². The highest BCUT2D eigenvalue weighted by atomic mass is 19.4. The summed E-state index contributed by atoms with van der Waals surface area (Å²) in [4.78, 5) is 4.20. The van der Waals surface area contributed by atoms with Crippen molar-refractivity contribution in [3.63, 3.8) is 0 Å². The topological polar surface area (TPSA) is 44.5 Å². The van der Waals surface area contributed by atoms with E-state index in [0.717, 1.165) is 31.4 Å². The first-order valence-corrected chi connectivity index (χ1v) is 8.26. The third kappa shape index (κ3) is 4.61. The number of benzene rings is 1. The second-order valence-corrected chi connectivity index (χ2v) is 6.23. The third-order valence-electron chi connectivity index (χ3n) is 4.22. The van der Waals surface area contributed by atoms with Gasteiger partial charge in [-0.3, -0.25) is 0 Å². The van der Waals surface area contributed by atoms with Gasteiger partial charge in [0.2, 0.25) is 0 Å². The Kier molecular flexibility index (Phi) is 5.15. The summed E-state index contributed by atoms with van der Waals surface area (Å²) in [5.74, 6) is 0.563. The Bertz CT molecular complexity index is 688. The van der Waals surface area contributed by atoms with E-state index < -0.39 is 17.5 Å². The Morgan fingerprint density at radius 1 is 1.08 bits per heavy atom. The van der Waals surface area contributed by atoms with Crippen LogP contribution in [0.4, 0.5) is 13.2 Å². The zero-order chi connectivity index (χ0) is 17.9. The lowest BCUT2D eigenvalue weighted by molar-refractivity contribution is -0.147. The van der Waals surface area contributed by atoms with E-state index in [4.69, 9.17) is 13.9 Å². The van der Waals surface area contributed by atoms with Gasteiger partial charge in [-0.1, -0.05) is 12.1 Å². The van der Waals surface area contributed by atoms with E-state index in [9.17, 15) is 13.2 Å². The molecule has 2 heterocycles. The number of unbranched alkanes of at least 4 members (excludes halogenated alkanes) is 1. The minimum Gasteiger partial charge on any atom is -0.441 e.